The summed E-state index contributed by atoms with van der Waals surface area (Å²) in [5.74, 6) is -0.535. The number of hydrogen-bond donors (Lipinski definition) is 0. The first-order chi connectivity index (χ1) is 12.6. The van der Waals surface area contributed by atoms with Gasteiger partial charge in [-0.2, -0.15) is 10.5 Å². The van der Waals surface area contributed by atoms with Crippen LogP contribution >= 0.6 is 0 Å². The molecule has 0 unspecified atom stereocenters. The zero-order valence-electron chi connectivity index (χ0n) is 13.7. The lowest BCUT2D eigenvalue weighted by atomic mass is 10.1. The number of rotatable bonds is 6. The van der Waals surface area contributed by atoms with E-state index in [-0.39, 0.29) is 24.2 Å². The molecule has 0 spiro atoms. The zero-order chi connectivity index (χ0) is 18.9. The maximum Gasteiger partial charge on any atom is 0.269 e. The Kier molecular flexibility index (Phi) is 6.19. The summed E-state index contributed by atoms with van der Waals surface area (Å²) in [4.78, 5) is 24.3. The second-order valence-electron chi connectivity index (χ2n) is 5.22. The fourth-order valence-corrected chi connectivity index (χ4v) is 2.26. The predicted octanol–water partition coefficient (Wildman–Crippen LogP) is 3.45. The predicted molar refractivity (Wildman–Crippen MR) is 95.7 cm³/mol. The van der Waals surface area contributed by atoms with E-state index in [1.807, 2.05) is 12.1 Å². The van der Waals surface area contributed by atoms with Crippen LogP contribution in [-0.4, -0.2) is 17.4 Å². The monoisotopic (exact) mass is 346 g/mol. The Labute approximate surface area is 150 Å². The lowest BCUT2D eigenvalue weighted by molar-refractivity contribution is -0.384. The number of carbonyl (C=O) groups is 1. The topological polar surface area (TPSA) is 111 Å². The average molecular weight is 346 g/mol. The normalized spacial score (nSPS) is 10.5. The van der Waals surface area contributed by atoms with E-state index < -0.39 is 10.8 Å². The maximum atomic E-state index is 12.8. The van der Waals surface area contributed by atoms with E-state index in [9.17, 15) is 20.2 Å². The van der Waals surface area contributed by atoms with Crippen molar-refractivity contribution < 1.29 is 9.72 Å². The van der Waals surface area contributed by atoms with Crippen molar-refractivity contribution in [3.05, 3.63) is 75.8 Å². The van der Waals surface area contributed by atoms with E-state index in [2.05, 4.69) is 0 Å². The Balaban J connectivity index is 2.33. The molecule has 0 radical (unpaired) electrons. The molecule has 0 atom stereocenters. The van der Waals surface area contributed by atoms with Crippen molar-refractivity contribution in [3.63, 3.8) is 0 Å². The van der Waals surface area contributed by atoms with Gasteiger partial charge in [-0.05, 0) is 35.9 Å². The third-order valence-corrected chi connectivity index (χ3v) is 3.53. The summed E-state index contributed by atoms with van der Waals surface area (Å²) in [6.07, 6.45) is 1.49. The Morgan fingerprint density at radius 3 is 2.31 bits per heavy atom. The first kappa shape index (κ1) is 18.4. The van der Waals surface area contributed by atoms with Crippen LogP contribution in [0.15, 0.2) is 60.2 Å². The van der Waals surface area contributed by atoms with Gasteiger partial charge in [-0.3, -0.25) is 14.9 Å². The summed E-state index contributed by atoms with van der Waals surface area (Å²) in [6.45, 7) is 0.151. The Bertz CT molecular complexity index is 907. The third-order valence-electron chi connectivity index (χ3n) is 3.53. The highest BCUT2D eigenvalue weighted by Crippen LogP contribution is 2.19. The molecule has 2 rings (SSSR count). The molecule has 0 saturated carbocycles. The number of nitro benzene ring substituents is 1. The van der Waals surface area contributed by atoms with E-state index in [1.165, 1.54) is 35.2 Å². The summed E-state index contributed by atoms with van der Waals surface area (Å²) in [6, 6.07) is 18.1. The van der Waals surface area contributed by atoms with Crippen LogP contribution < -0.4 is 4.90 Å². The van der Waals surface area contributed by atoms with Crippen molar-refractivity contribution in [2.45, 2.75) is 6.42 Å². The molecule has 0 aliphatic heterocycles. The van der Waals surface area contributed by atoms with Gasteiger partial charge in [0.15, 0.2) is 0 Å². The number of carbonyl (C=O) groups excluding carboxylic acids is 1. The molecule has 2 aromatic rings. The average Bonchev–Trinajstić information content (AvgIpc) is 2.67. The molecule has 0 heterocycles. The quantitative estimate of drug-likeness (QED) is 0.344. The summed E-state index contributed by atoms with van der Waals surface area (Å²) in [7, 11) is 0. The molecule has 128 valence electrons. The minimum Gasteiger partial charge on any atom is -0.307 e. The highest BCUT2D eigenvalue weighted by atomic mass is 16.6. The number of nitrogens with zero attached hydrogens (tertiary/aromatic N) is 4. The van der Waals surface area contributed by atoms with E-state index in [1.54, 1.807) is 30.3 Å². The molecule has 0 N–H and O–H groups in total. The highest BCUT2D eigenvalue weighted by molar-refractivity contribution is 6.11. The molecular weight excluding hydrogens is 332 g/mol. The van der Waals surface area contributed by atoms with Crippen LogP contribution in [0.4, 0.5) is 11.4 Å². The smallest absolute Gasteiger partial charge is 0.269 e. The van der Waals surface area contributed by atoms with Crippen molar-refractivity contribution in [2.24, 2.45) is 0 Å². The molecule has 26 heavy (non-hydrogen) atoms. The van der Waals surface area contributed by atoms with Crippen LogP contribution in [0.1, 0.15) is 12.0 Å². The molecule has 0 aliphatic carbocycles. The van der Waals surface area contributed by atoms with Crippen molar-refractivity contribution >= 4 is 23.4 Å². The highest BCUT2D eigenvalue weighted by Gasteiger charge is 2.20. The number of hydrogen-bond acceptors (Lipinski definition) is 5. The molecule has 2 aromatic carbocycles. The van der Waals surface area contributed by atoms with Gasteiger partial charge in [0.2, 0.25) is 0 Å². The van der Waals surface area contributed by atoms with E-state index in [0.29, 0.717) is 11.3 Å². The van der Waals surface area contributed by atoms with Gasteiger partial charge in [-0.1, -0.05) is 18.2 Å². The van der Waals surface area contributed by atoms with Crippen LogP contribution in [-0.2, 0) is 4.79 Å². The number of nitro groups is 1. The van der Waals surface area contributed by atoms with Gasteiger partial charge in [0, 0.05) is 24.4 Å². The molecule has 7 nitrogen and oxygen atoms in total. The number of nitriles is 2. The molecular formula is C19H14N4O3. The molecule has 1 amide bonds. The lowest BCUT2D eigenvalue weighted by Gasteiger charge is -2.21. The molecule has 0 aliphatic rings. The summed E-state index contributed by atoms with van der Waals surface area (Å²) in [5.41, 5.74) is 0.874. The van der Waals surface area contributed by atoms with Gasteiger partial charge in [0.05, 0.1) is 17.4 Å². The van der Waals surface area contributed by atoms with E-state index in [0.717, 1.165) is 0 Å². The molecule has 0 fully saturated rings. The fraction of sp³-hybridized carbons (Fsp3) is 0.105. The summed E-state index contributed by atoms with van der Waals surface area (Å²) in [5, 5.41) is 28.9. The van der Waals surface area contributed by atoms with Crippen LogP contribution in [0.2, 0.25) is 0 Å². The maximum absolute atomic E-state index is 12.8. The van der Waals surface area contributed by atoms with Crippen LogP contribution in [0.25, 0.3) is 6.08 Å². The summed E-state index contributed by atoms with van der Waals surface area (Å²) < 4.78 is 0. The van der Waals surface area contributed by atoms with E-state index >= 15 is 0 Å². The number of amides is 1. The van der Waals surface area contributed by atoms with Crippen LogP contribution in [0.3, 0.4) is 0 Å². The molecule has 0 saturated heterocycles. The fourth-order valence-electron chi connectivity index (χ4n) is 2.26. The van der Waals surface area contributed by atoms with Gasteiger partial charge in [0.25, 0.3) is 11.6 Å². The van der Waals surface area contributed by atoms with Crippen LogP contribution in [0.5, 0.6) is 0 Å². The van der Waals surface area contributed by atoms with Gasteiger partial charge in [0.1, 0.15) is 11.6 Å². The SMILES string of the molecule is N#CCCN(C(=O)/C(C#N)=C/c1ccc([N+](=O)[O-])cc1)c1ccccc1. The zero-order valence-corrected chi connectivity index (χ0v) is 13.7. The van der Waals surface area contributed by atoms with Gasteiger partial charge in [-0.15, -0.1) is 0 Å². The van der Waals surface area contributed by atoms with Crippen molar-refractivity contribution in [1.29, 1.82) is 10.5 Å². The van der Waals surface area contributed by atoms with Crippen molar-refractivity contribution in [3.8, 4) is 12.1 Å². The third kappa shape index (κ3) is 4.53. The second-order valence-corrected chi connectivity index (χ2v) is 5.22. The van der Waals surface area contributed by atoms with Crippen LogP contribution in [0, 0.1) is 32.8 Å². The minimum absolute atomic E-state index is 0.0769. The van der Waals surface area contributed by atoms with Crippen molar-refractivity contribution in [2.75, 3.05) is 11.4 Å². The Morgan fingerprint density at radius 2 is 1.77 bits per heavy atom. The lowest BCUT2D eigenvalue weighted by Crippen LogP contribution is -2.32. The Morgan fingerprint density at radius 1 is 1.12 bits per heavy atom. The number of anilines is 1. The standard InChI is InChI=1S/C19H14N4O3/c20-11-4-12-22(17-5-2-1-3-6-17)19(24)16(14-21)13-15-7-9-18(10-8-15)23(25)26/h1-3,5-10,13H,4,12H2/b16-13+. The first-order valence-corrected chi connectivity index (χ1v) is 7.67. The van der Waals surface area contributed by atoms with Gasteiger partial charge < -0.3 is 4.90 Å². The van der Waals surface area contributed by atoms with Gasteiger partial charge in [-0.25, -0.2) is 0 Å². The van der Waals surface area contributed by atoms with Gasteiger partial charge >= 0.3 is 0 Å². The Hall–Kier alpha value is -3.97. The van der Waals surface area contributed by atoms with Crippen molar-refractivity contribution in [1.82, 2.24) is 0 Å². The first-order valence-electron chi connectivity index (χ1n) is 7.67. The number of para-hydroxylation sites is 1. The summed E-state index contributed by atoms with van der Waals surface area (Å²) >= 11 is 0. The number of non-ortho nitro benzene ring substituents is 1. The second kappa shape index (κ2) is 8.76. The number of benzene rings is 2. The van der Waals surface area contributed by atoms with E-state index in [4.69, 9.17) is 5.26 Å². The molecule has 7 heteroatoms. The molecule has 0 bridgehead atoms. The molecule has 0 aromatic heterocycles. The minimum atomic E-state index is -0.535. The largest absolute Gasteiger partial charge is 0.307 e.